The average molecular weight is 337 g/mol. The number of hydrogen-bond acceptors (Lipinski definition) is 6. The van der Waals surface area contributed by atoms with E-state index < -0.39 is 0 Å². The summed E-state index contributed by atoms with van der Waals surface area (Å²) in [5.74, 6) is 6.02. The van der Waals surface area contributed by atoms with Gasteiger partial charge in [-0.2, -0.15) is 23.5 Å². The molecular weight excluding hydrogens is 316 g/mol. The molecule has 0 aromatic rings. The number of rotatable bonds is 12. The van der Waals surface area contributed by atoms with Gasteiger partial charge in [0.2, 0.25) is 10.2 Å². The van der Waals surface area contributed by atoms with Crippen molar-refractivity contribution >= 4 is 57.3 Å². The van der Waals surface area contributed by atoms with Gasteiger partial charge in [-0.25, -0.2) is 0 Å². The van der Waals surface area contributed by atoms with Crippen LogP contribution in [0.1, 0.15) is 6.42 Å². The van der Waals surface area contributed by atoms with Crippen LogP contribution in [0.3, 0.4) is 0 Å². The lowest BCUT2D eigenvalue weighted by atomic mass is 10.6. The Hall–Kier alpha value is 0.220. The fourth-order valence-electron chi connectivity index (χ4n) is 0.987. The summed E-state index contributed by atoms with van der Waals surface area (Å²) in [6.45, 7) is 6.87. The van der Waals surface area contributed by atoms with Gasteiger partial charge in [0.25, 0.3) is 0 Å². The minimum Gasteiger partial charge on any atom is -0.282 e. The molecule has 108 valence electrons. The van der Waals surface area contributed by atoms with E-state index in [0.717, 1.165) is 34.5 Å². The fraction of sp³-hybridized carbons (Fsp3) is 0.538. The van der Waals surface area contributed by atoms with E-state index in [1.165, 1.54) is 42.1 Å². The predicted octanol–water partition coefficient (Wildman–Crippen LogP) is 3.73. The minimum atomic E-state index is 0.0581. The van der Waals surface area contributed by atoms with Gasteiger partial charge in [-0.3, -0.25) is 9.59 Å². The third-order valence-electron chi connectivity index (χ3n) is 1.85. The van der Waals surface area contributed by atoms with Gasteiger partial charge in [-0.15, -0.1) is 0 Å². The Balaban J connectivity index is 3.10. The quantitative estimate of drug-likeness (QED) is 0.399. The zero-order valence-corrected chi connectivity index (χ0v) is 14.2. The van der Waals surface area contributed by atoms with E-state index in [2.05, 4.69) is 13.2 Å². The van der Waals surface area contributed by atoms with Gasteiger partial charge in [0.15, 0.2) is 0 Å². The summed E-state index contributed by atoms with van der Waals surface area (Å²) in [5.41, 5.74) is 0. The summed E-state index contributed by atoms with van der Waals surface area (Å²) >= 11 is 6.43. The molecule has 0 aromatic heterocycles. The SMILES string of the molecule is C=CC(=O)SCCSCCCSCCSC(=O)C=C. The van der Waals surface area contributed by atoms with Gasteiger partial charge in [0, 0.05) is 23.0 Å². The van der Waals surface area contributed by atoms with Gasteiger partial charge < -0.3 is 0 Å². The molecule has 2 nitrogen and oxygen atoms in total. The van der Waals surface area contributed by atoms with Crippen molar-refractivity contribution in [2.24, 2.45) is 0 Å². The van der Waals surface area contributed by atoms with E-state index in [-0.39, 0.29) is 10.2 Å². The van der Waals surface area contributed by atoms with E-state index >= 15 is 0 Å². The molecule has 6 heteroatoms. The number of carbonyl (C=O) groups excluding carboxylic acids is 2. The van der Waals surface area contributed by atoms with Crippen molar-refractivity contribution in [1.82, 2.24) is 0 Å². The van der Waals surface area contributed by atoms with E-state index in [1.54, 1.807) is 0 Å². The summed E-state index contributed by atoms with van der Waals surface area (Å²) in [6.07, 6.45) is 3.90. The third-order valence-corrected chi connectivity index (χ3v) is 6.23. The van der Waals surface area contributed by atoms with E-state index in [0.29, 0.717) is 0 Å². The lowest BCUT2D eigenvalue weighted by molar-refractivity contribution is -0.107. The first-order valence-corrected chi connectivity index (χ1v) is 10.2. The van der Waals surface area contributed by atoms with Crippen molar-refractivity contribution in [3.63, 3.8) is 0 Å². The van der Waals surface area contributed by atoms with Gasteiger partial charge in [-0.05, 0) is 30.1 Å². The molecule has 0 aliphatic heterocycles. The first-order chi connectivity index (χ1) is 9.20. The van der Waals surface area contributed by atoms with Crippen LogP contribution in [-0.2, 0) is 9.59 Å². The van der Waals surface area contributed by atoms with Crippen LogP contribution >= 0.6 is 47.0 Å². The molecule has 0 spiro atoms. The normalized spacial score (nSPS) is 10.1. The Bertz CT molecular complexity index is 264. The molecule has 0 bridgehead atoms. The lowest BCUT2D eigenvalue weighted by Gasteiger charge is -2.01. The molecular formula is C13H20O2S4. The lowest BCUT2D eigenvalue weighted by Crippen LogP contribution is -1.94. The van der Waals surface area contributed by atoms with Crippen molar-refractivity contribution in [3.8, 4) is 0 Å². The van der Waals surface area contributed by atoms with Crippen molar-refractivity contribution in [2.75, 3.05) is 34.5 Å². The molecule has 0 atom stereocenters. The highest BCUT2D eigenvalue weighted by Crippen LogP contribution is 2.13. The van der Waals surface area contributed by atoms with Crippen LogP contribution in [0.5, 0.6) is 0 Å². The molecule has 0 aromatic carbocycles. The minimum absolute atomic E-state index is 0.0581. The van der Waals surface area contributed by atoms with Gasteiger partial charge in [0.05, 0.1) is 0 Å². The van der Waals surface area contributed by atoms with Crippen LogP contribution in [0, 0.1) is 0 Å². The first kappa shape index (κ1) is 19.2. The molecule has 0 amide bonds. The monoisotopic (exact) mass is 336 g/mol. The highest BCUT2D eigenvalue weighted by molar-refractivity contribution is 8.15. The van der Waals surface area contributed by atoms with Crippen molar-refractivity contribution in [1.29, 1.82) is 0 Å². The van der Waals surface area contributed by atoms with Crippen LogP contribution in [-0.4, -0.2) is 44.7 Å². The maximum Gasteiger partial charge on any atom is 0.211 e. The molecule has 0 N–H and O–H groups in total. The van der Waals surface area contributed by atoms with Crippen molar-refractivity contribution < 1.29 is 9.59 Å². The molecule has 0 saturated heterocycles. The second-order valence-electron chi connectivity index (χ2n) is 3.32. The smallest absolute Gasteiger partial charge is 0.211 e. The van der Waals surface area contributed by atoms with Crippen LogP contribution in [0.4, 0.5) is 0 Å². The molecule has 0 aliphatic carbocycles. The summed E-state index contributed by atoms with van der Waals surface area (Å²) in [4.78, 5) is 21.8. The topological polar surface area (TPSA) is 34.1 Å². The van der Waals surface area contributed by atoms with Gasteiger partial charge in [0.1, 0.15) is 0 Å². The van der Waals surface area contributed by atoms with Crippen molar-refractivity contribution in [2.45, 2.75) is 6.42 Å². The fourth-order valence-corrected chi connectivity index (χ4v) is 4.52. The standard InChI is InChI=1S/C13H20O2S4/c1-3-12(14)18-10-8-16-6-5-7-17-9-11-19-13(15)4-2/h3-4H,1-2,5-11H2. The molecule has 0 rings (SSSR count). The predicted molar refractivity (Wildman–Crippen MR) is 94.6 cm³/mol. The Morgan fingerprint density at radius 2 is 1.16 bits per heavy atom. The van der Waals surface area contributed by atoms with Gasteiger partial charge >= 0.3 is 0 Å². The highest BCUT2D eigenvalue weighted by atomic mass is 32.2. The Labute approximate surface area is 133 Å². The molecule has 0 saturated carbocycles. The highest BCUT2D eigenvalue weighted by Gasteiger charge is 1.98. The summed E-state index contributed by atoms with van der Waals surface area (Å²) in [6, 6.07) is 0. The molecule has 0 heterocycles. The molecule has 0 aliphatic rings. The largest absolute Gasteiger partial charge is 0.282 e. The van der Waals surface area contributed by atoms with Crippen LogP contribution in [0.25, 0.3) is 0 Å². The summed E-state index contributed by atoms with van der Waals surface area (Å²) in [5, 5.41) is 0.116. The Kier molecular flexibility index (Phi) is 14.8. The van der Waals surface area contributed by atoms with E-state index in [4.69, 9.17) is 0 Å². The summed E-state index contributed by atoms with van der Waals surface area (Å²) in [7, 11) is 0. The van der Waals surface area contributed by atoms with E-state index in [9.17, 15) is 9.59 Å². The van der Waals surface area contributed by atoms with Gasteiger partial charge in [-0.1, -0.05) is 36.7 Å². The third kappa shape index (κ3) is 14.4. The molecule has 0 radical (unpaired) electrons. The number of thioether (sulfide) groups is 4. The molecule has 0 unspecified atom stereocenters. The average Bonchev–Trinajstić information content (AvgIpc) is 2.43. The first-order valence-electron chi connectivity index (χ1n) is 5.94. The Morgan fingerprint density at radius 3 is 1.53 bits per heavy atom. The second kappa shape index (κ2) is 14.6. The number of hydrogen-bond donors (Lipinski definition) is 0. The number of carbonyl (C=O) groups is 2. The van der Waals surface area contributed by atoms with Crippen molar-refractivity contribution in [3.05, 3.63) is 25.3 Å². The maximum absolute atomic E-state index is 10.9. The molecule has 19 heavy (non-hydrogen) atoms. The van der Waals surface area contributed by atoms with Crippen LogP contribution in [0.2, 0.25) is 0 Å². The second-order valence-corrected chi connectivity index (χ2v) is 7.97. The zero-order valence-electron chi connectivity index (χ0n) is 11.0. The maximum atomic E-state index is 10.9. The van der Waals surface area contributed by atoms with Crippen LogP contribution in [0.15, 0.2) is 25.3 Å². The Morgan fingerprint density at radius 1 is 0.737 bits per heavy atom. The zero-order chi connectivity index (χ0) is 14.3. The summed E-state index contributed by atoms with van der Waals surface area (Å²) < 4.78 is 0. The molecule has 0 fully saturated rings. The van der Waals surface area contributed by atoms with Crippen LogP contribution < -0.4 is 0 Å². The van der Waals surface area contributed by atoms with E-state index in [1.807, 2.05) is 23.5 Å².